The van der Waals surface area contributed by atoms with E-state index >= 15 is 0 Å². The summed E-state index contributed by atoms with van der Waals surface area (Å²) in [5.74, 6) is 0. The first-order valence-electron chi connectivity index (χ1n) is 5.94. The Morgan fingerprint density at radius 1 is 1.29 bits per heavy atom. The highest BCUT2D eigenvalue weighted by atomic mass is 16.5. The Hall–Kier alpha value is -0.0800. The van der Waals surface area contributed by atoms with Crippen LogP contribution in [-0.4, -0.2) is 24.8 Å². The van der Waals surface area contributed by atoms with Crippen molar-refractivity contribution in [1.29, 1.82) is 0 Å². The molecule has 1 saturated heterocycles. The summed E-state index contributed by atoms with van der Waals surface area (Å²) >= 11 is 0. The molecule has 14 heavy (non-hydrogen) atoms. The summed E-state index contributed by atoms with van der Waals surface area (Å²) in [6.07, 6.45) is 5.65. The maximum absolute atomic E-state index is 5.57. The zero-order valence-corrected chi connectivity index (χ0v) is 9.68. The van der Waals surface area contributed by atoms with E-state index in [1.807, 2.05) is 0 Å². The normalized spacial score (nSPS) is 41.8. The highest BCUT2D eigenvalue weighted by Gasteiger charge is 2.34. The van der Waals surface area contributed by atoms with Crippen LogP contribution in [0.1, 0.15) is 46.5 Å². The van der Waals surface area contributed by atoms with Gasteiger partial charge in [0.1, 0.15) is 0 Å². The molecule has 0 spiro atoms. The summed E-state index contributed by atoms with van der Waals surface area (Å²) in [7, 11) is 0. The Morgan fingerprint density at radius 2 is 2.07 bits per heavy atom. The second-order valence-electron chi connectivity index (χ2n) is 5.74. The lowest BCUT2D eigenvalue weighted by Crippen LogP contribution is -2.41. The van der Waals surface area contributed by atoms with Crippen molar-refractivity contribution in [3.8, 4) is 0 Å². The van der Waals surface area contributed by atoms with Gasteiger partial charge in [0.15, 0.2) is 0 Å². The molecule has 2 fully saturated rings. The van der Waals surface area contributed by atoms with Crippen molar-refractivity contribution in [1.82, 2.24) is 5.32 Å². The lowest BCUT2D eigenvalue weighted by atomic mass is 9.91. The van der Waals surface area contributed by atoms with E-state index in [1.54, 1.807) is 0 Å². The molecule has 0 radical (unpaired) electrons. The van der Waals surface area contributed by atoms with Crippen molar-refractivity contribution >= 4 is 0 Å². The van der Waals surface area contributed by atoms with E-state index in [0.717, 1.165) is 12.6 Å². The van der Waals surface area contributed by atoms with Crippen LogP contribution in [0.5, 0.6) is 0 Å². The molecule has 1 N–H and O–H groups in total. The predicted molar refractivity (Wildman–Crippen MR) is 58.4 cm³/mol. The highest BCUT2D eigenvalue weighted by molar-refractivity contribution is 4.90. The molecule has 1 heterocycles. The number of rotatable bonds is 2. The SMILES string of the molecule is CC1OCCC1NC1CCC(C)(C)C1. The van der Waals surface area contributed by atoms with Gasteiger partial charge >= 0.3 is 0 Å². The maximum Gasteiger partial charge on any atom is 0.0700 e. The van der Waals surface area contributed by atoms with Gasteiger partial charge in [-0.15, -0.1) is 0 Å². The van der Waals surface area contributed by atoms with Gasteiger partial charge in [-0.2, -0.15) is 0 Å². The van der Waals surface area contributed by atoms with Gasteiger partial charge in [0.05, 0.1) is 6.10 Å². The van der Waals surface area contributed by atoms with Crippen molar-refractivity contribution in [2.45, 2.75) is 64.6 Å². The minimum Gasteiger partial charge on any atom is -0.377 e. The molecule has 2 aliphatic rings. The van der Waals surface area contributed by atoms with Crippen molar-refractivity contribution in [3.63, 3.8) is 0 Å². The molecular weight excluding hydrogens is 174 g/mol. The van der Waals surface area contributed by atoms with E-state index in [1.165, 1.54) is 25.7 Å². The van der Waals surface area contributed by atoms with E-state index in [2.05, 4.69) is 26.1 Å². The smallest absolute Gasteiger partial charge is 0.0700 e. The van der Waals surface area contributed by atoms with Gasteiger partial charge in [-0.1, -0.05) is 13.8 Å². The zero-order chi connectivity index (χ0) is 10.2. The fourth-order valence-corrected chi connectivity index (χ4v) is 2.83. The number of nitrogens with one attached hydrogen (secondary N) is 1. The largest absolute Gasteiger partial charge is 0.377 e. The molecular formula is C12H23NO. The van der Waals surface area contributed by atoms with E-state index in [4.69, 9.17) is 4.74 Å². The molecule has 0 aromatic heterocycles. The topological polar surface area (TPSA) is 21.3 Å². The summed E-state index contributed by atoms with van der Waals surface area (Å²) < 4.78 is 5.57. The first kappa shape index (κ1) is 10.4. The Morgan fingerprint density at radius 3 is 2.57 bits per heavy atom. The van der Waals surface area contributed by atoms with E-state index in [0.29, 0.717) is 17.6 Å². The molecule has 3 unspecified atom stereocenters. The van der Waals surface area contributed by atoms with Crippen LogP contribution in [-0.2, 0) is 4.74 Å². The van der Waals surface area contributed by atoms with E-state index in [9.17, 15) is 0 Å². The first-order chi connectivity index (χ1) is 6.57. The van der Waals surface area contributed by atoms with Crippen LogP contribution in [0.3, 0.4) is 0 Å². The summed E-state index contributed by atoms with van der Waals surface area (Å²) in [6.45, 7) is 7.88. The Bertz CT molecular complexity index is 202. The van der Waals surface area contributed by atoms with Crippen LogP contribution in [0, 0.1) is 5.41 Å². The van der Waals surface area contributed by atoms with E-state index < -0.39 is 0 Å². The number of hydrogen-bond donors (Lipinski definition) is 1. The van der Waals surface area contributed by atoms with Gasteiger partial charge < -0.3 is 10.1 Å². The standard InChI is InChI=1S/C12H23NO/c1-9-11(5-7-14-9)13-10-4-6-12(2,3)8-10/h9-11,13H,4-8H2,1-3H3. The second kappa shape index (κ2) is 3.82. The minimum atomic E-state index is 0.415. The molecule has 0 aromatic carbocycles. The molecule has 1 aliphatic heterocycles. The third-order valence-corrected chi connectivity index (χ3v) is 3.79. The molecule has 0 bridgehead atoms. The van der Waals surface area contributed by atoms with Gasteiger partial charge in [-0.3, -0.25) is 0 Å². The van der Waals surface area contributed by atoms with Crippen molar-refractivity contribution in [3.05, 3.63) is 0 Å². The molecule has 2 heteroatoms. The lowest BCUT2D eigenvalue weighted by Gasteiger charge is -2.23. The van der Waals surface area contributed by atoms with Crippen LogP contribution in [0.15, 0.2) is 0 Å². The van der Waals surface area contributed by atoms with Crippen molar-refractivity contribution in [2.75, 3.05) is 6.61 Å². The quantitative estimate of drug-likeness (QED) is 0.733. The van der Waals surface area contributed by atoms with Crippen LogP contribution >= 0.6 is 0 Å². The van der Waals surface area contributed by atoms with Crippen molar-refractivity contribution in [2.24, 2.45) is 5.41 Å². The van der Waals surface area contributed by atoms with Gasteiger partial charge in [-0.05, 0) is 38.0 Å². The number of ether oxygens (including phenoxy) is 1. The van der Waals surface area contributed by atoms with Crippen LogP contribution in [0.2, 0.25) is 0 Å². The third kappa shape index (κ3) is 2.29. The summed E-state index contributed by atoms with van der Waals surface area (Å²) in [4.78, 5) is 0. The molecule has 3 atom stereocenters. The second-order valence-corrected chi connectivity index (χ2v) is 5.74. The van der Waals surface area contributed by atoms with Crippen molar-refractivity contribution < 1.29 is 4.74 Å². The maximum atomic E-state index is 5.57. The summed E-state index contributed by atoms with van der Waals surface area (Å²) in [6, 6.07) is 1.34. The fraction of sp³-hybridized carbons (Fsp3) is 1.00. The minimum absolute atomic E-state index is 0.415. The molecule has 0 aromatic rings. The fourth-order valence-electron chi connectivity index (χ4n) is 2.83. The molecule has 82 valence electrons. The molecule has 2 nitrogen and oxygen atoms in total. The molecule has 1 saturated carbocycles. The average Bonchev–Trinajstić information content (AvgIpc) is 2.61. The molecule has 2 rings (SSSR count). The Kier molecular flexibility index (Phi) is 2.85. The first-order valence-corrected chi connectivity index (χ1v) is 5.94. The van der Waals surface area contributed by atoms with Gasteiger partial charge in [0.25, 0.3) is 0 Å². The third-order valence-electron chi connectivity index (χ3n) is 3.79. The van der Waals surface area contributed by atoms with Crippen LogP contribution in [0.4, 0.5) is 0 Å². The van der Waals surface area contributed by atoms with Crippen LogP contribution in [0.25, 0.3) is 0 Å². The monoisotopic (exact) mass is 197 g/mol. The van der Waals surface area contributed by atoms with Gasteiger partial charge in [0, 0.05) is 18.7 Å². The molecule has 0 amide bonds. The lowest BCUT2D eigenvalue weighted by molar-refractivity contribution is 0.110. The van der Waals surface area contributed by atoms with Gasteiger partial charge in [0.2, 0.25) is 0 Å². The summed E-state index contributed by atoms with van der Waals surface area (Å²) in [5, 5.41) is 3.76. The molecule has 1 aliphatic carbocycles. The van der Waals surface area contributed by atoms with Gasteiger partial charge in [-0.25, -0.2) is 0 Å². The van der Waals surface area contributed by atoms with E-state index in [-0.39, 0.29) is 0 Å². The Balaban J connectivity index is 1.81. The highest BCUT2D eigenvalue weighted by Crippen LogP contribution is 2.37. The predicted octanol–water partition coefficient (Wildman–Crippen LogP) is 2.33. The zero-order valence-electron chi connectivity index (χ0n) is 9.68. The van der Waals surface area contributed by atoms with Crippen LogP contribution < -0.4 is 5.32 Å². The average molecular weight is 197 g/mol. The number of hydrogen-bond acceptors (Lipinski definition) is 2. The summed E-state index contributed by atoms with van der Waals surface area (Å²) in [5.41, 5.74) is 0.556. The Labute approximate surface area is 87.4 Å².